The Bertz CT molecular complexity index is 3970. The van der Waals surface area contributed by atoms with Gasteiger partial charge in [-0.2, -0.15) is 0 Å². The highest BCUT2D eigenvalue weighted by atomic mass is 16.3. The molecule has 0 atom stereocenters. The Balaban J connectivity index is 1.11. The number of nitrogens with one attached hydrogen (secondary N) is 1. The van der Waals surface area contributed by atoms with E-state index >= 15 is 0 Å². The van der Waals surface area contributed by atoms with Crippen molar-refractivity contribution in [1.29, 1.82) is 0 Å². The van der Waals surface area contributed by atoms with Gasteiger partial charge in [-0.3, -0.25) is 0 Å². The second kappa shape index (κ2) is 15.4. The summed E-state index contributed by atoms with van der Waals surface area (Å²) in [6.45, 7) is 6.86. The van der Waals surface area contributed by atoms with Gasteiger partial charge in [0.2, 0.25) is 0 Å². The van der Waals surface area contributed by atoms with Crippen LogP contribution in [0, 0.1) is 6.92 Å². The first-order valence-corrected chi connectivity index (χ1v) is 24.2. The first-order chi connectivity index (χ1) is 34.4. The molecule has 0 fully saturated rings. The molecule has 0 aliphatic carbocycles. The molecule has 2 aromatic heterocycles. The van der Waals surface area contributed by atoms with Crippen molar-refractivity contribution in [3.63, 3.8) is 0 Å². The molecule has 0 bridgehead atoms. The number of aryl methyl sites for hydroxylation is 1. The van der Waals surface area contributed by atoms with Crippen LogP contribution in [-0.4, -0.2) is 11.8 Å². The Labute approximate surface area is 407 Å². The number of nitrogens with zero attached hydrogens (tertiary/aromatic N) is 3. The van der Waals surface area contributed by atoms with Gasteiger partial charge in [-0.15, -0.1) is 0 Å². The Kier molecular flexibility index (Phi) is 8.87. The van der Waals surface area contributed by atoms with Crippen LogP contribution in [-0.2, 0) is 5.41 Å². The van der Waals surface area contributed by atoms with Crippen LogP contribution in [0.1, 0.15) is 30.5 Å². The minimum atomic E-state index is -0.221. The smallest absolute Gasteiger partial charge is 0.198 e. The third-order valence-electron chi connectivity index (χ3n) is 14.8. The molecule has 0 saturated heterocycles. The van der Waals surface area contributed by atoms with Crippen molar-refractivity contribution in [1.82, 2.24) is 4.57 Å². The normalized spacial score (nSPS) is 13.3. The number of furan rings is 1. The zero-order valence-electron chi connectivity index (χ0n) is 39.1. The number of anilines is 8. The summed E-state index contributed by atoms with van der Waals surface area (Å²) >= 11 is 0. The maximum Gasteiger partial charge on any atom is 0.198 e. The van der Waals surface area contributed by atoms with E-state index in [9.17, 15) is 0 Å². The van der Waals surface area contributed by atoms with E-state index in [0.717, 1.165) is 89.3 Å². The van der Waals surface area contributed by atoms with Crippen LogP contribution in [0.4, 0.5) is 45.5 Å². The highest BCUT2D eigenvalue weighted by Crippen LogP contribution is 2.55. The molecular formula is C64H46BN4O. The lowest BCUT2D eigenvalue weighted by Crippen LogP contribution is -2.37. The largest absolute Gasteiger partial charge is 0.456 e. The summed E-state index contributed by atoms with van der Waals surface area (Å²) in [5.41, 5.74) is 22.0. The van der Waals surface area contributed by atoms with Gasteiger partial charge in [0.25, 0.3) is 0 Å². The van der Waals surface area contributed by atoms with Gasteiger partial charge in [0.05, 0.1) is 28.1 Å². The molecule has 0 amide bonds. The van der Waals surface area contributed by atoms with E-state index in [0.29, 0.717) is 0 Å². The summed E-state index contributed by atoms with van der Waals surface area (Å²) in [5.74, 6) is 0. The summed E-state index contributed by atoms with van der Waals surface area (Å²) in [6, 6.07) is 79.4. The molecule has 70 heavy (non-hydrogen) atoms. The molecular weight excluding hydrogens is 852 g/mol. The number of hydrogen-bond donors (Lipinski definition) is 1. The van der Waals surface area contributed by atoms with Crippen molar-refractivity contribution in [2.75, 3.05) is 15.1 Å². The number of benzene rings is 10. The third-order valence-corrected chi connectivity index (χ3v) is 14.8. The summed E-state index contributed by atoms with van der Waals surface area (Å²) in [7, 11) is 2.41. The first kappa shape index (κ1) is 40.3. The molecule has 0 spiro atoms. The van der Waals surface area contributed by atoms with Crippen molar-refractivity contribution < 1.29 is 4.42 Å². The predicted molar refractivity (Wildman–Crippen MR) is 294 cm³/mol. The molecule has 2 aliphatic rings. The van der Waals surface area contributed by atoms with Gasteiger partial charge < -0.3 is 24.1 Å². The van der Waals surface area contributed by atoms with Crippen LogP contribution >= 0.6 is 0 Å². The van der Waals surface area contributed by atoms with E-state index in [1.165, 1.54) is 44.4 Å². The Morgan fingerprint density at radius 3 is 1.84 bits per heavy atom. The number of fused-ring (bicyclic) bond motifs is 10. The standard InChI is InChI=1S/C64H46BN4O/c1-40-30-32-41(33-31-40)66-53-36-44(67(42-18-6-4-7-19-42)43-20-8-5-9-21-43)34-35-45(53)49-38-58(68-55-27-15-12-24-50(55)64(2,3)51-25-13-16-28-56(51)68)61-47-23-10-14-26-54(47)69-57-37-48-46-22-11-17-29-59(46)70-60(48)39-52(57)65-62(49)63(61)69/h4-39,66H,1-3H3. The highest BCUT2D eigenvalue weighted by molar-refractivity contribution is 6.74. The average molecular weight is 898 g/mol. The fourth-order valence-electron chi connectivity index (χ4n) is 11.5. The van der Waals surface area contributed by atoms with E-state index in [4.69, 9.17) is 4.42 Å². The maximum atomic E-state index is 6.60. The van der Waals surface area contributed by atoms with E-state index in [1.54, 1.807) is 0 Å². The van der Waals surface area contributed by atoms with Crippen molar-refractivity contribution in [2.24, 2.45) is 0 Å². The molecule has 4 heterocycles. The van der Waals surface area contributed by atoms with E-state index < -0.39 is 0 Å². The molecule has 12 aromatic rings. The van der Waals surface area contributed by atoms with Gasteiger partial charge >= 0.3 is 0 Å². The lowest BCUT2D eigenvalue weighted by molar-refractivity contribution is 0.632. The number of para-hydroxylation sites is 6. The quantitative estimate of drug-likeness (QED) is 0.162. The molecule has 10 aromatic carbocycles. The van der Waals surface area contributed by atoms with E-state index in [1.807, 2.05) is 6.07 Å². The van der Waals surface area contributed by atoms with Gasteiger partial charge in [0.15, 0.2) is 7.28 Å². The van der Waals surface area contributed by atoms with Gasteiger partial charge in [0, 0.05) is 66.6 Å². The van der Waals surface area contributed by atoms with Crippen LogP contribution in [0.2, 0.25) is 0 Å². The minimum absolute atomic E-state index is 0.221. The Morgan fingerprint density at radius 1 is 0.500 bits per heavy atom. The van der Waals surface area contributed by atoms with Gasteiger partial charge in [-0.25, -0.2) is 0 Å². The summed E-state index contributed by atoms with van der Waals surface area (Å²) in [5, 5.41) is 8.61. The number of rotatable bonds is 7. The molecule has 1 N–H and O–H groups in total. The molecule has 0 unspecified atom stereocenters. The van der Waals surface area contributed by atoms with E-state index in [2.05, 4.69) is 260 Å². The minimum Gasteiger partial charge on any atom is -0.456 e. The van der Waals surface area contributed by atoms with Crippen molar-refractivity contribution in [2.45, 2.75) is 26.2 Å². The maximum absolute atomic E-state index is 6.60. The lowest BCUT2D eigenvalue weighted by atomic mass is 9.58. The van der Waals surface area contributed by atoms with Gasteiger partial charge in [-0.05, 0) is 120 Å². The van der Waals surface area contributed by atoms with Crippen molar-refractivity contribution in [3.05, 3.63) is 235 Å². The Hall–Kier alpha value is -8.74. The molecule has 5 nitrogen and oxygen atoms in total. The molecule has 331 valence electrons. The van der Waals surface area contributed by atoms with Crippen LogP contribution in [0.15, 0.2) is 223 Å². The van der Waals surface area contributed by atoms with Crippen molar-refractivity contribution in [3.8, 4) is 16.8 Å². The fraction of sp³-hybridized carbons (Fsp3) is 0.0625. The fourth-order valence-corrected chi connectivity index (χ4v) is 11.5. The van der Waals surface area contributed by atoms with Crippen LogP contribution < -0.4 is 26.0 Å². The zero-order valence-corrected chi connectivity index (χ0v) is 39.1. The first-order valence-electron chi connectivity index (χ1n) is 24.2. The molecule has 14 rings (SSSR count). The topological polar surface area (TPSA) is 36.6 Å². The zero-order chi connectivity index (χ0) is 46.7. The SMILES string of the molecule is Cc1ccc(Nc2cc(N(c3ccccc3)c3ccccc3)ccc2-c2cc(N3c4ccccc4C(C)(C)c4ccccc43)c3c4ccccc4n4c3c2[B]c2cc3oc5ccccc5c3cc2-4)cc1. The van der Waals surface area contributed by atoms with Gasteiger partial charge in [0.1, 0.15) is 11.2 Å². The molecule has 1 radical (unpaired) electrons. The highest BCUT2D eigenvalue weighted by Gasteiger charge is 2.39. The number of aromatic nitrogens is 1. The van der Waals surface area contributed by atoms with E-state index in [-0.39, 0.29) is 5.41 Å². The van der Waals surface area contributed by atoms with Crippen LogP contribution in [0.5, 0.6) is 0 Å². The summed E-state index contributed by atoms with van der Waals surface area (Å²) in [4.78, 5) is 4.89. The monoisotopic (exact) mass is 897 g/mol. The number of hydrogen-bond acceptors (Lipinski definition) is 4. The molecule has 0 saturated carbocycles. The third kappa shape index (κ3) is 6.06. The average Bonchev–Trinajstić information content (AvgIpc) is 3.94. The van der Waals surface area contributed by atoms with Crippen molar-refractivity contribution >= 4 is 107 Å². The summed E-state index contributed by atoms with van der Waals surface area (Å²) < 4.78 is 9.13. The molecule has 6 heteroatoms. The lowest BCUT2D eigenvalue weighted by Gasteiger charge is -2.42. The molecule has 2 aliphatic heterocycles. The Morgan fingerprint density at radius 2 is 1.13 bits per heavy atom. The summed E-state index contributed by atoms with van der Waals surface area (Å²) in [6.07, 6.45) is 0. The second-order valence-corrected chi connectivity index (χ2v) is 19.3. The van der Waals surface area contributed by atoms with Crippen LogP contribution in [0.3, 0.4) is 0 Å². The van der Waals surface area contributed by atoms with Gasteiger partial charge in [-0.1, -0.05) is 152 Å². The predicted octanol–water partition coefficient (Wildman–Crippen LogP) is 15.9. The second-order valence-electron chi connectivity index (χ2n) is 19.3. The van der Waals surface area contributed by atoms with Crippen LogP contribution in [0.25, 0.3) is 60.6 Å².